The Bertz CT molecular complexity index is 199. The molecular formula is C9H17N2+. The third-order valence-corrected chi connectivity index (χ3v) is 2.11. The largest absolute Gasteiger partial charge is 0.250 e. The fourth-order valence-corrected chi connectivity index (χ4v) is 1.41. The van der Waals surface area contributed by atoms with Crippen LogP contribution in [-0.4, -0.2) is 4.98 Å². The maximum absolute atomic E-state index is 3.06. The summed E-state index contributed by atoms with van der Waals surface area (Å²) in [7, 11) is 0. The summed E-state index contributed by atoms with van der Waals surface area (Å²) in [4.78, 5) is 3.06. The lowest BCUT2D eigenvalue weighted by atomic mass is 9.99. The number of aromatic amines is 1. The van der Waals surface area contributed by atoms with E-state index in [1.54, 1.807) is 0 Å². The highest BCUT2D eigenvalue weighted by atomic mass is 15.1. The molecule has 0 aromatic carbocycles. The van der Waals surface area contributed by atoms with Crippen LogP contribution in [0.15, 0.2) is 18.7 Å². The lowest BCUT2D eigenvalue weighted by Gasteiger charge is -2.19. The molecule has 0 saturated heterocycles. The van der Waals surface area contributed by atoms with Crippen molar-refractivity contribution in [3.63, 3.8) is 0 Å². The third-order valence-electron chi connectivity index (χ3n) is 2.11. The lowest BCUT2D eigenvalue weighted by Crippen LogP contribution is -2.50. The van der Waals surface area contributed by atoms with Crippen molar-refractivity contribution >= 4 is 0 Å². The van der Waals surface area contributed by atoms with Crippen LogP contribution in [0.5, 0.6) is 0 Å². The van der Waals surface area contributed by atoms with E-state index in [-0.39, 0.29) is 5.54 Å². The van der Waals surface area contributed by atoms with Crippen LogP contribution in [0.1, 0.15) is 33.6 Å². The highest BCUT2D eigenvalue weighted by Crippen LogP contribution is 2.12. The molecular weight excluding hydrogens is 136 g/mol. The van der Waals surface area contributed by atoms with E-state index in [2.05, 4.69) is 36.5 Å². The fraction of sp³-hybridized carbons (Fsp3) is 0.667. The van der Waals surface area contributed by atoms with Gasteiger partial charge in [0.15, 0.2) is 0 Å². The van der Waals surface area contributed by atoms with Gasteiger partial charge in [0.1, 0.15) is 17.9 Å². The zero-order valence-corrected chi connectivity index (χ0v) is 7.59. The molecule has 0 atom stereocenters. The quantitative estimate of drug-likeness (QED) is 0.639. The summed E-state index contributed by atoms with van der Waals surface area (Å²) in [6, 6.07) is 0. The van der Waals surface area contributed by atoms with E-state index in [1.807, 2.05) is 12.5 Å². The van der Waals surface area contributed by atoms with Crippen LogP contribution in [0.4, 0.5) is 0 Å². The molecule has 0 unspecified atom stereocenters. The molecule has 2 heteroatoms. The molecule has 62 valence electrons. The summed E-state index contributed by atoms with van der Waals surface area (Å²) in [6.45, 7) is 6.73. The Morgan fingerprint density at radius 3 is 2.64 bits per heavy atom. The van der Waals surface area contributed by atoms with E-state index in [9.17, 15) is 0 Å². The number of H-pyrrole nitrogens is 1. The van der Waals surface area contributed by atoms with E-state index in [0.717, 1.165) is 0 Å². The van der Waals surface area contributed by atoms with Gasteiger partial charge in [0, 0.05) is 0 Å². The highest BCUT2D eigenvalue weighted by Gasteiger charge is 2.22. The van der Waals surface area contributed by atoms with Gasteiger partial charge in [-0.1, -0.05) is 13.3 Å². The summed E-state index contributed by atoms with van der Waals surface area (Å²) in [6.07, 6.45) is 8.49. The Morgan fingerprint density at radius 2 is 2.18 bits per heavy atom. The first-order valence-corrected chi connectivity index (χ1v) is 4.21. The third kappa shape index (κ3) is 1.82. The van der Waals surface area contributed by atoms with Gasteiger partial charge in [0.2, 0.25) is 6.33 Å². The summed E-state index contributed by atoms with van der Waals surface area (Å²) in [5, 5.41) is 0. The van der Waals surface area contributed by atoms with Crippen LogP contribution < -0.4 is 4.57 Å². The number of nitrogens with zero attached hydrogens (tertiary/aromatic N) is 1. The molecule has 0 radical (unpaired) electrons. The van der Waals surface area contributed by atoms with Crippen molar-refractivity contribution in [2.75, 3.05) is 0 Å². The second-order valence-corrected chi connectivity index (χ2v) is 3.58. The van der Waals surface area contributed by atoms with Crippen molar-refractivity contribution in [2.45, 2.75) is 39.2 Å². The first-order valence-electron chi connectivity index (χ1n) is 4.21. The zero-order valence-electron chi connectivity index (χ0n) is 7.59. The molecule has 1 heterocycles. The number of hydrogen-bond donors (Lipinski definition) is 1. The molecule has 1 aromatic heterocycles. The van der Waals surface area contributed by atoms with Crippen molar-refractivity contribution in [1.82, 2.24) is 4.98 Å². The van der Waals surface area contributed by atoms with Gasteiger partial charge in [-0.25, -0.2) is 4.57 Å². The normalized spacial score (nSPS) is 11.9. The molecule has 1 rings (SSSR count). The highest BCUT2D eigenvalue weighted by molar-refractivity contribution is 4.64. The Kier molecular flexibility index (Phi) is 2.32. The van der Waals surface area contributed by atoms with E-state index in [0.29, 0.717) is 0 Å². The fourth-order valence-electron chi connectivity index (χ4n) is 1.41. The van der Waals surface area contributed by atoms with Gasteiger partial charge in [-0.3, -0.25) is 4.98 Å². The van der Waals surface area contributed by atoms with Crippen molar-refractivity contribution < 1.29 is 4.57 Å². The molecule has 0 bridgehead atoms. The average Bonchev–Trinajstić information content (AvgIpc) is 2.37. The number of hydrogen-bond acceptors (Lipinski definition) is 0. The minimum atomic E-state index is 0.259. The lowest BCUT2D eigenvalue weighted by molar-refractivity contribution is -0.757. The summed E-state index contributed by atoms with van der Waals surface area (Å²) >= 11 is 0. The second kappa shape index (κ2) is 3.07. The Morgan fingerprint density at radius 1 is 1.45 bits per heavy atom. The van der Waals surface area contributed by atoms with Crippen LogP contribution in [-0.2, 0) is 5.54 Å². The maximum atomic E-state index is 3.06. The molecule has 0 amide bonds. The molecule has 0 fully saturated rings. The van der Waals surface area contributed by atoms with Gasteiger partial charge < -0.3 is 0 Å². The van der Waals surface area contributed by atoms with Gasteiger partial charge in [0.25, 0.3) is 0 Å². The molecule has 0 saturated carbocycles. The smallest absolute Gasteiger partial charge is 0.241 e. The van der Waals surface area contributed by atoms with Crippen LogP contribution in [0, 0.1) is 0 Å². The predicted octanol–water partition coefficient (Wildman–Crippen LogP) is 1.84. The standard InChI is InChI=1S/C9H16N2/c1-4-5-9(2,3)11-7-6-10-8-11/h6-8H,4-5H2,1-3H3/p+1. The van der Waals surface area contributed by atoms with Crippen molar-refractivity contribution in [3.8, 4) is 0 Å². The van der Waals surface area contributed by atoms with Gasteiger partial charge in [-0.2, -0.15) is 0 Å². The maximum Gasteiger partial charge on any atom is 0.241 e. The van der Waals surface area contributed by atoms with E-state index < -0.39 is 0 Å². The summed E-state index contributed by atoms with van der Waals surface area (Å²) in [5.41, 5.74) is 0.259. The first-order chi connectivity index (χ1) is 5.17. The number of nitrogens with one attached hydrogen (secondary N) is 1. The van der Waals surface area contributed by atoms with E-state index >= 15 is 0 Å². The Labute approximate surface area is 68.3 Å². The van der Waals surface area contributed by atoms with Crippen molar-refractivity contribution in [2.24, 2.45) is 0 Å². The number of rotatable bonds is 3. The molecule has 1 N–H and O–H groups in total. The van der Waals surface area contributed by atoms with Gasteiger partial charge in [-0.05, 0) is 20.3 Å². The molecule has 0 aliphatic heterocycles. The molecule has 2 nitrogen and oxygen atoms in total. The van der Waals surface area contributed by atoms with Gasteiger partial charge in [-0.15, -0.1) is 0 Å². The van der Waals surface area contributed by atoms with Gasteiger partial charge in [0.05, 0.1) is 0 Å². The minimum absolute atomic E-state index is 0.259. The van der Waals surface area contributed by atoms with Crippen molar-refractivity contribution in [1.29, 1.82) is 0 Å². The molecule has 11 heavy (non-hydrogen) atoms. The second-order valence-electron chi connectivity index (χ2n) is 3.58. The summed E-state index contributed by atoms with van der Waals surface area (Å²) < 4.78 is 2.22. The van der Waals surface area contributed by atoms with Crippen LogP contribution >= 0.6 is 0 Å². The predicted molar refractivity (Wildman–Crippen MR) is 45.2 cm³/mol. The van der Waals surface area contributed by atoms with Crippen molar-refractivity contribution in [3.05, 3.63) is 18.7 Å². The molecule has 0 aliphatic rings. The average molecular weight is 153 g/mol. The molecule has 0 aliphatic carbocycles. The van der Waals surface area contributed by atoms with Crippen LogP contribution in [0.3, 0.4) is 0 Å². The van der Waals surface area contributed by atoms with Crippen LogP contribution in [0.25, 0.3) is 0 Å². The number of aromatic nitrogens is 2. The topological polar surface area (TPSA) is 19.7 Å². The molecule has 0 spiro atoms. The monoisotopic (exact) mass is 153 g/mol. The number of imidazole rings is 1. The summed E-state index contributed by atoms with van der Waals surface area (Å²) in [5.74, 6) is 0. The van der Waals surface area contributed by atoms with E-state index in [1.165, 1.54) is 12.8 Å². The first kappa shape index (κ1) is 8.31. The SMILES string of the molecule is CCCC(C)(C)[n+]1cc[nH]c1. The van der Waals surface area contributed by atoms with E-state index in [4.69, 9.17) is 0 Å². The minimum Gasteiger partial charge on any atom is -0.250 e. The Balaban J connectivity index is 2.73. The Hall–Kier alpha value is -0.790. The van der Waals surface area contributed by atoms with Gasteiger partial charge >= 0.3 is 0 Å². The zero-order chi connectivity index (χ0) is 8.32. The van der Waals surface area contributed by atoms with Crippen LogP contribution in [0.2, 0.25) is 0 Å². The molecule has 1 aromatic rings.